The van der Waals surface area contributed by atoms with E-state index in [2.05, 4.69) is 33.1 Å². The monoisotopic (exact) mass is 333 g/mol. The van der Waals surface area contributed by atoms with Gasteiger partial charge < -0.3 is 10.4 Å². The van der Waals surface area contributed by atoms with E-state index in [0.29, 0.717) is 16.9 Å². The van der Waals surface area contributed by atoms with Crippen molar-refractivity contribution in [3.05, 3.63) is 0 Å². The third kappa shape index (κ3) is 2.35. The molecule has 0 bridgehead atoms. The van der Waals surface area contributed by atoms with Gasteiger partial charge in [-0.05, 0) is 112 Å². The van der Waals surface area contributed by atoms with Gasteiger partial charge in [0.2, 0.25) is 0 Å². The molecule has 0 heterocycles. The first-order valence-electron chi connectivity index (χ1n) is 10.8. The van der Waals surface area contributed by atoms with Crippen LogP contribution in [0, 0.1) is 40.4 Å². The third-order valence-corrected chi connectivity index (χ3v) is 9.77. The van der Waals surface area contributed by atoms with Crippen molar-refractivity contribution in [3.8, 4) is 0 Å². The lowest BCUT2D eigenvalue weighted by atomic mass is 9.44. The van der Waals surface area contributed by atoms with Crippen molar-refractivity contribution in [3.63, 3.8) is 0 Å². The van der Waals surface area contributed by atoms with Crippen molar-refractivity contribution in [1.82, 2.24) is 5.32 Å². The fourth-order valence-electron chi connectivity index (χ4n) is 8.30. The van der Waals surface area contributed by atoms with Crippen LogP contribution in [0.1, 0.15) is 78.6 Å². The van der Waals surface area contributed by atoms with Gasteiger partial charge in [-0.15, -0.1) is 0 Å². The van der Waals surface area contributed by atoms with Crippen LogP contribution in [0.4, 0.5) is 0 Å². The lowest BCUT2D eigenvalue weighted by molar-refractivity contribution is -0.127. The molecule has 0 saturated heterocycles. The number of aliphatic hydroxyl groups excluding tert-OH is 1. The Balaban J connectivity index is 1.59. The van der Waals surface area contributed by atoms with E-state index in [1.54, 1.807) is 0 Å². The summed E-state index contributed by atoms with van der Waals surface area (Å²) in [7, 11) is 2.15. The molecule has 2 heteroatoms. The molecule has 4 fully saturated rings. The average molecular weight is 334 g/mol. The van der Waals surface area contributed by atoms with E-state index in [1.165, 1.54) is 44.9 Å². The van der Waals surface area contributed by atoms with Crippen LogP contribution in [-0.2, 0) is 0 Å². The first-order chi connectivity index (χ1) is 11.4. The highest BCUT2D eigenvalue weighted by Gasteiger charge is 2.60. The molecule has 0 spiro atoms. The molecule has 2 nitrogen and oxygen atoms in total. The van der Waals surface area contributed by atoms with Gasteiger partial charge in [-0.2, -0.15) is 0 Å². The van der Waals surface area contributed by atoms with Gasteiger partial charge in [0, 0.05) is 6.04 Å². The smallest absolute Gasteiger partial charge is 0.0543 e. The SMILES string of the molecule is CNC(C)C1CCC2C3CCC4CC(O)CCC4(C)C3CCC12C. The molecule has 0 aromatic carbocycles. The molecule has 4 aliphatic carbocycles. The Morgan fingerprint density at radius 2 is 1.62 bits per heavy atom. The topological polar surface area (TPSA) is 32.3 Å². The number of fused-ring (bicyclic) bond motifs is 5. The summed E-state index contributed by atoms with van der Waals surface area (Å²) in [6.45, 7) is 7.65. The Morgan fingerprint density at radius 1 is 0.917 bits per heavy atom. The summed E-state index contributed by atoms with van der Waals surface area (Å²) >= 11 is 0. The van der Waals surface area contributed by atoms with Gasteiger partial charge in [-0.25, -0.2) is 0 Å². The molecule has 0 amide bonds. The fraction of sp³-hybridized carbons (Fsp3) is 1.00. The van der Waals surface area contributed by atoms with Crippen molar-refractivity contribution in [2.75, 3.05) is 7.05 Å². The maximum Gasteiger partial charge on any atom is 0.0543 e. The van der Waals surface area contributed by atoms with Crippen LogP contribution in [0.5, 0.6) is 0 Å². The fourth-order valence-corrected chi connectivity index (χ4v) is 8.30. The number of nitrogens with one attached hydrogen (secondary N) is 1. The molecule has 0 aromatic rings. The van der Waals surface area contributed by atoms with E-state index in [4.69, 9.17) is 0 Å². The first-order valence-corrected chi connectivity index (χ1v) is 10.8. The number of rotatable bonds is 2. The molecule has 4 rings (SSSR count). The van der Waals surface area contributed by atoms with Crippen molar-refractivity contribution in [2.45, 2.75) is 90.7 Å². The summed E-state index contributed by atoms with van der Waals surface area (Å²) in [6, 6.07) is 0.660. The van der Waals surface area contributed by atoms with Gasteiger partial charge in [0.15, 0.2) is 0 Å². The second-order valence-electron chi connectivity index (χ2n) is 10.4. The zero-order valence-corrected chi connectivity index (χ0v) is 16.4. The summed E-state index contributed by atoms with van der Waals surface area (Å²) in [5.74, 6) is 4.52. The molecule has 24 heavy (non-hydrogen) atoms. The molecule has 9 atom stereocenters. The van der Waals surface area contributed by atoms with Crippen LogP contribution in [-0.4, -0.2) is 24.3 Å². The maximum atomic E-state index is 10.2. The predicted molar refractivity (Wildman–Crippen MR) is 99.7 cm³/mol. The average Bonchev–Trinajstić information content (AvgIpc) is 2.92. The minimum Gasteiger partial charge on any atom is -0.393 e. The van der Waals surface area contributed by atoms with Crippen molar-refractivity contribution in [1.29, 1.82) is 0 Å². The minimum absolute atomic E-state index is 0.0131. The molecule has 138 valence electrons. The van der Waals surface area contributed by atoms with Crippen LogP contribution in [0.3, 0.4) is 0 Å². The van der Waals surface area contributed by atoms with E-state index in [-0.39, 0.29) is 6.10 Å². The van der Waals surface area contributed by atoms with Crippen molar-refractivity contribution in [2.24, 2.45) is 40.4 Å². The van der Waals surface area contributed by atoms with Crippen LogP contribution in [0.25, 0.3) is 0 Å². The summed E-state index contributed by atoms with van der Waals surface area (Å²) < 4.78 is 0. The quantitative estimate of drug-likeness (QED) is 0.773. The Kier molecular flexibility index (Phi) is 4.32. The highest BCUT2D eigenvalue weighted by Crippen LogP contribution is 2.67. The van der Waals surface area contributed by atoms with Gasteiger partial charge >= 0.3 is 0 Å². The maximum absolute atomic E-state index is 10.2. The van der Waals surface area contributed by atoms with Gasteiger partial charge in [0.05, 0.1) is 6.10 Å². The molecule has 2 N–H and O–H groups in total. The number of aliphatic hydroxyl groups is 1. The third-order valence-electron chi connectivity index (χ3n) is 9.77. The van der Waals surface area contributed by atoms with Crippen LogP contribution < -0.4 is 5.32 Å². The first kappa shape index (κ1) is 17.3. The molecule has 4 aliphatic rings. The standard InChI is InChI=1S/C22H39NO/c1-14(23-4)18-7-8-19-17-6-5-15-13-16(24)9-11-21(15,2)20(17)10-12-22(18,19)3/h14-20,23-24H,5-13H2,1-4H3. The predicted octanol–water partition coefficient (Wildman–Crippen LogP) is 4.61. The van der Waals surface area contributed by atoms with E-state index in [0.717, 1.165) is 42.4 Å². The summed E-state index contributed by atoms with van der Waals surface area (Å²) in [5, 5.41) is 13.7. The van der Waals surface area contributed by atoms with E-state index < -0.39 is 0 Å². The van der Waals surface area contributed by atoms with Gasteiger partial charge in [-0.1, -0.05) is 13.8 Å². The molecule has 4 saturated carbocycles. The molecular formula is C22H39NO. The normalized spacial score (nSPS) is 55.4. The lowest BCUT2D eigenvalue weighted by Gasteiger charge is -2.61. The number of hydrogen-bond acceptors (Lipinski definition) is 2. The largest absolute Gasteiger partial charge is 0.393 e. The van der Waals surface area contributed by atoms with Gasteiger partial charge in [0.25, 0.3) is 0 Å². The van der Waals surface area contributed by atoms with Gasteiger partial charge in [-0.3, -0.25) is 0 Å². The van der Waals surface area contributed by atoms with Crippen LogP contribution in [0.2, 0.25) is 0 Å². The zero-order chi connectivity index (χ0) is 17.1. The van der Waals surface area contributed by atoms with E-state index in [9.17, 15) is 5.11 Å². The highest BCUT2D eigenvalue weighted by atomic mass is 16.3. The molecule has 0 aromatic heterocycles. The number of hydrogen-bond donors (Lipinski definition) is 2. The summed E-state index contributed by atoms with van der Waals surface area (Å²) in [4.78, 5) is 0. The van der Waals surface area contributed by atoms with Gasteiger partial charge in [0.1, 0.15) is 0 Å². The Hall–Kier alpha value is -0.0800. The highest BCUT2D eigenvalue weighted by molar-refractivity contribution is 5.10. The lowest BCUT2D eigenvalue weighted by Crippen LogP contribution is -2.54. The summed E-state index contributed by atoms with van der Waals surface area (Å²) in [5.41, 5.74) is 1.09. The Labute approximate surface area is 149 Å². The van der Waals surface area contributed by atoms with Crippen LogP contribution >= 0.6 is 0 Å². The minimum atomic E-state index is -0.0131. The van der Waals surface area contributed by atoms with Crippen molar-refractivity contribution < 1.29 is 5.11 Å². The molecule has 0 radical (unpaired) electrons. The zero-order valence-electron chi connectivity index (χ0n) is 16.4. The Morgan fingerprint density at radius 3 is 2.38 bits per heavy atom. The summed E-state index contributed by atoms with van der Waals surface area (Å²) in [6.07, 6.45) is 12.0. The Bertz CT molecular complexity index is 479. The van der Waals surface area contributed by atoms with E-state index >= 15 is 0 Å². The van der Waals surface area contributed by atoms with Crippen molar-refractivity contribution >= 4 is 0 Å². The molecule has 9 unspecified atom stereocenters. The molecular weight excluding hydrogens is 294 g/mol. The van der Waals surface area contributed by atoms with E-state index in [1.807, 2.05) is 0 Å². The van der Waals surface area contributed by atoms with Crippen LogP contribution in [0.15, 0.2) is 0 Å². The molecule has 0 aliphatic heterocycles. The second-order valence-corrected chi connectivity index (χ2v) is 10.4. The second kappa shape index (κ2) is 5.98.